The number of benzene rings is 2. The van der Waals surface area contributed by atoms with Crippen molar-refractivity contribution in [2.24, 2.45) is 5.10 Å². The van der Waals surface area contributed by atoms with Crippen LogP contribution in [-0.2, 0) is 11.2 Å². The minimum atomic E-state index is -0.644. The maximum Gasteiger partial charge on any atom is 0.273 e. The fraction of sp³-hybridized carbons (Fsp3) is 0.263. The molecule has 10 heteroatoms. The third-order valence-electron chi connectivity index (χ3n) is 3.78. The van der Waals surface area contributed by atoms with Crippen LogP contribution in [0.15, 0.2) is 35.4 Å². The number of rotatable bonds is 9. The molecular weight excluding hydrogens is 382 g/mol. The van der Waals surface area contributed by atoms with E-state index in [0.29, 0.717) is 17.1 Å². The van der Waals surface area contributed by atoms with Crippen LogP contribution >= 0.6 is 0 Å². The molecule has 0 aliphatic heterocycles. The van der Waals surface area contributed by atoms with Gasteiger partial charge in [-0.3, -0.25) is 14.9 Å². The Hall–Kier alpha value is -3.82. The van der Waals surface area contributed by atoms with E-state index in [4.69, 9.17) is 14.2 Å². The Morgan fingerprint density at radius 2 is 1.90 bits per heavy atom. The van der Waals surface area contributed by atoms with Crippen LogP contribution in [0.4, 0.5) is 5.69 Å². The Balaban J connectivity index is 2.11. The SMILES string of the molecule is CCOc1cc([N+](=O)[O-])cc(/C=N\NC(=O)Cc2ccc(OC)c(OC)c2)c1[O-]. The molecule has 0 aromatic heterocycles. The quantitative estimate of drug-likeness (QED) is 0.384. The number of nitro groups is 1. The Morgan fingerprint density at radius 3 is 2.52 bits per heavy atom. The normalized spacial score (nSPS) is 10.6. The molecule has 0 aliphatic carbocycles. The van der Waals surface area contributed by atoms with Gasteiger partial charge in [-0.2, -0.15) is 5.10 Å². The minimum Gasteiger partial charge on any atom is -0.870 e. The lowest BCUT2D eigenvalue weighted by molar-refractivity contribution is -0.385. The van der Waals surface area contributed by atoms with E-state index >= 15 is 0 Å². The number of nitrogens with zero attached hydrogens (tertiary/aromatic N) is 2. The van der Waals surface area contributed by atoms with E-state index in [-0.39, 0.29) is 30.0 Å². The third kappa shape index (κ3) is 5.58. The molecule has 0 spiro atoms. The third-order valence-corrected chi connectivity index (χ3v) is 3.78. The maximum absolute atomic E-state index is 12.3. The highest BCUT2D eigenvalue weighted by Crippen LogP contribution is 2.31. The summed E-state index contributed by atoms with van der Waals surface area (Å²) in [5.41, 5.74) is 2.55. The molecule has 0 saturated heterocycles. The number of nitrogens with one attached hydrogen (secondary N) is 1. The molecule has 29 heavy (non-hydrogen) atoms. The molecular formula is C19H20N3O7-. The van der Waals surface area contributed by atoms with E-state index in [9.17, 15) is 20.0 Å². The lowest BCUT2D eigenvalue weighted by Crippen LogP contribution is -2.20. The van der Waals surface area contributed by atoms with Crippen LogP contribution < -0.4 is 24.7 Å². The highest BCUT2D eigenvalue weighted by atomic mass is 16.6. The van der Waals surface area contributed by atoms with Crippen molar-refractivity contribution in [3.05, 3.63) is 51.6 Å². The topological polar surface area (TPSA) is 135 Å². The molecule has 0 aliphatic rings. The second-order valence-corrected chi connectivity index (χ2v) is 5.71. The van der Waals surface area contributed by atoms with Crippen molar-refractivity contribution in [2.45, 2.75) is 13.3 Å². The number of amides is 1. The monoisotopic (exact) mass is 402 g/mol. The van der Waals surface area contributed by atoms with Crippen molar-refractivity contribution < 1.29 is 29.0 Å². The molecule has 0 atom stereocenters. The van der Waals surface area contributed by atoms with E-state index in [2.05, 4.69) is 10.5 Å². The minimum absolute atomic E-state index is 0.00105. The number of nitro benzene ring substituents is 1. The number of methoxy groups -OCH3 is 2. The number of non-ortho nitro benzene ring substituents is 1. The molecule has 0 radical (unpaired) electrons. The number of hydrogen-bond acceptors (Lipinski definition) is 8. The largest absolute Gasteiger partial charge is 0.870 e. The van der Waals surface area contributed by atoms with Crippen LogP contribution in [-0.4, -0.2) is 37.9 Å². The Morgan fingerprint density at radius 1 is 1.17 bits per heavy atom. The summed E-state index contributed by atoms with van der Waals surface area (Å²) < 4.78 is 15.4. The van der Waals surface area contributed by atoms with Crippen LogP contribution in [0.25, 0.3) is 0 Å². The van der Waals surface area contributed by atoms with Gasteiger partial charge in [-0.15, -0.1) is 0 Å². The molecule has 10 nitrogen and oxygen atoms in total. The summed E-state index contributed by atoms with van der Waals surface area (Å²) >= 11 is 0. The number of carbonyl (C=O) groups excluding carboxylic acids is 1. The lowest BCUT2D eigenvalue weighted by Gasteiger charge is -2.16. The lowest BCUT2D eigenvalue weighted by atomic mass is 10.1. The van der Waals surface area contributed by atoms with Crippen molar-refractivity contribution in [1.29, 1.82) is 0 Å². The predicted molar refractivity (Wildman–Crippen MR) is 103 cm³/mol. The first-order valence-electron chi connectivity index (χ1n) is 8.54. The van der Waals surface area contributed by atoms with E-state index in [0.717, 1.165) is 18.3 Å². The first-order chi connectivity index (χ1) is 13.9. The zero-order valence-corrected chi connectivity index (χ0v) is 16.1. The van der Waals surface area contributed by atoms with Crippen molar-refractivity contribution in [1.82, 2.24) is 5.43 Å². The highest BCUT2D eigenvalue weighted by molar-refractivity contribution is 5.87. The van der Waals surface area contributed by atoms with Crippen LogP contribution in [0.1, 0.15) is 18.1 Å². The van der Waals surface area contributed by atoms with Crippen molar-refractivity contribution in [3.8, 4) is 23.0 Å². The second-order valence-electron chi connectivity index (χ2n) is 5.71. The number of hydrazone groups is 1. The summed E-state index contributed by atoms with van der Waals surface area (Å²) in [7, 11) is 3.00. The molecule has 2 aromatic carbocycles. The Kier molecular flexibility index (Phi) is 7.35. The first kappa shape index (κ1) is 21.5. The van der Waals surface area contributed by atoms with Gasteiger partial charge < -0.3 is 19.3 Å². The van der Waals surface area contributed by atoms with Crippen LogP contribution in [0, 0.1) is 10.1 Å². The molecule has 0 heterocycles. The molecule has 154 valence electrons. The van der Waals surface area contributed by atoms with Gasteiger partial charge in [0.2, 0.25) is 5.91 Å². The standard InChI is InChI=1S/C19H21N3O7/c1-4-29-17-10-14(22(25)26)9-13(19(17)24)11-20-21-18(23)8-12-5-6-15(27-2)16(7-12)28-3/h5-7,9-11,24H,4,8H2,1-3H3,(H,21,23)/p-1/b20-11-. The van der Waals surface area contributed by atoms with E-state index in [1.54, 1.807) is 25.1 Å². The molecule has 2 rings (SSSR count). The number of carbonyl (C=O) groups is 1. The van der Waals surface area contributed by atoms with Gasteiger partial charge in [0.25, 0.3) is 5.69 Å². The molecule has 1 N–H and O–H groups in total. The molecule has 0 bridgehead atoms. The molecule has 0 saturated carbocycles. The summed E-state index contributed by atoms with van der Waals surface area (Å²) in [5.74, 6) is -0.141. The van der Waals surface area contributed by atoms with Gasteiger partial charge in [0.05, 0.1) is 44.5 Å². The molecule has 0 fully saturated rings. The van der Waals surface area contributed by atoms with Gasteiger partial charge in [0.15, 0.2) is 11.5 Å². The van der Waals surface area contributed by atoms with Gasteiger partial charge in [0.1, 0.15) is 5.75 Å². The van der Waals surface area contributed by atoms with Gasteiger partial charge in [0, 0.05) is 6.07 Å². The van der Waals surface area contributed by atoms with E-state index in [1.165, 1.54) is 14.2 Å². The Bertz CT molecular complexity index is 928. The van der Waals surface area contributed by atoms with E-state index < -0.39 is 16.6 Å². The average Bonchev–Trinajstić information content (AvgIpc) is 2.70. The maximum atomic E-state index is 12.3. The summed E-state index contributed by atoms with van der Waals surface area (Å²) in [6, 6.07) is 7.16. The molecule has 0 unspecified atom stereocenters. The summed E-state index contributed by atoms with van der Waals surface area (Å²) in [4.78, 5) is 22.5. The van der Waals surface area contributed by atoms with Crippen molar-refractivity contribution >= 4 is 17.8 Å². The summed E-state index contributed by atoms with van der Waals surface area (Å²) in [6.45, 7) is 1.83. The van der Waals surface area contributed by atoms with Crippen LogP contribution in [0.2, 0.25) is 0 Å². The van der Waals surface area contributed by atoms with Gasteiger partial charge in [-0.1, -0.05) is 11.8 Å². The predicted octanol–water partition coefficient (Wildman–Crippen LogP) is 1.78. The highest BCUT2D eigenvalue weighted by Gasteiger charge is 2.12. The Labute approximate surface area is 166 Å². The second kappa shape index (κ2) is 9.93. The smallest absolute Gasteiger partial charge is 0.273 e. The van der Waals surface area contributed by atoms with Crippen molar-refractivity contribution in [2.75, 3.05) is 20.8 Å². The van der Waals surface area contributed by atoms with Gasteiger partial charge >= 0.3 is 0 Å². The molecule has 1 amide bonds. The van der Waals surface area contributed by atoms with Gasteiger partial charge in [-0.05, 0) is 30.2 Å². The van der Waals surface area contributed by atoms with E-state index in [1.807, 2.05) is 0 Å². The number of ether oxygens (including phenoxy) is 3. The van der Waals surface area contributed by atoms with Crippen LogP contribution in [0.5, 0.6) is 23.0 Å². The summed E-state index contributed by atoms with van der Waals surface area (Å²) in [6.07, 6.45) is 1.05. The summed E-state index contributed by atoms with van der Waals surface area (Å²) in [5, 5.41) is 27.0. The fourth-order valence-corrected chi connectivity index (χ4v) is 2.46. The first-order valence-corrected chi connectivity index (χ1v) is 8.54. The molecule has 2 aromatic rings. The zero-order chi connectivity index (χ0) is 21.4. The van der Waals surface area contributed by atoms with Gasteiger partial charge in [-0.25, -0.2) is 5.43 Å². The zero-order valence-electron chi connectivity index (χ0n) is 16.1. The van der Waals surface area contributed by atoms with Crippen molar-refractivity contribution in [3.63, 3.8) is 0 Å². The fourth-order valence-electron chi connectivity index (χ4n) is 2.46. The average molecular weight is 402 g/mol. The van der Waals surface area contributed by atoms with Crippen LogP contribution in [0.3, 0.4) is 0 Å². The number of hydrogen-bond donors (Lipinski definition) is 1.